The number of rotatable bonds is 6. The molecule has 1 saturated carbocycles. The number of aromatic carboxylic acids is 1. The first-order valence-corrected chi connectivity index (χ1v) is 7.29. The average Bonchev–Trinajstić information content (AvgIpc) is 3.03. The van der Waals surface area contributed by atoms with Gasteiger partial charge in [-0.05, 0) is 42.9 Å². The van der Waals surface area contributed by atoms with E-state index < -0.39 is 5.97 Å². The van der Waals surface area contributed by atoms with E-state index in [4.69, 9.17) is 9.84 Å². The Morgan fingerprint density at radius 2 is 2.00 bits per heavy atom. The van der Waals surface area contributed by atoms with Crippen LogP contribution >= 0.6 is 0 Å². The quantitative estimate of drug-likeness (QED) is 0.834. The fraction of sp³-hybridized carbons (Fsp3) is 0.500. The Morgan fingerprint density at radius 1 is 1.29 bits per heavy atom. The molecule has 3 fully saturated rings. The van der Waals surface area contributed by atoms with Crippen LogP contribution in [0.25, 0.3) is 0 Å². The zero-order chi connectivity index (χ0) is 14.9. The molecule has 1 aromatic carbocycles. The van der Waals surface area contributed by atoms with Gasteiger partial charge < -0.3 is 15.2 Å². The van der Waals surface area contributed by atoms with Crippen molar-refractivity contribution in [2.75, 3.05) is 13.2 Å². The number of carboxylic acids is 1. The second kappa shape index (κ2) is 5.48. The Hall–Kier alpha value is -1.88. The van der Waals surface area contributed by atoms with Crippen LogP contribution in [0.15, 0.2) is 24.3 Å². The van der Waals surface area contributed by atoms with Gasteiger partial charge in [-0.15, -0.1) is 0 Å². The van der Waals surface area contributed by atoms with Crippen LogP contribution in [0.4, 0.5) is 0 Å². The average molecular weight is 289 g/mol. The molecule has 2 bridgehead atoms. The number of nitrogens with one attached hydrogen (secondary N) is 1. The van der Waals surface area contributed by atoms with Crippen LogP contribution in [0.2, 0.25) is 0 Å². The van der Waals surface area contributed by atoms with Crippen molar-refractivity contribution >= 4 is 11.9 Å². The van der Waals surface area contributed by atoms with Gasteiger partial charge >= 0.3 is 5.97 Å². The third kappa shape index (κ3) is 3.08. The van der Waals surface area contributed by atoms with Gasteiger partial charge in [-0.25, -0.2) is 4.79 Å². The first-order chi connectivity index (χ1) is 10.1. The third-order valence-electron chi connectivity index (χ3n) is 4.40. The number of hydrogen-bond acceptors (Lipinski definition) is 3. The number of carboxylic acid groups (broad SMARTS) is 1. The molecule has 3 aliphatic rings. The second-order valence-electron chi connectivity index (χ2n) is 6.05. The van der Waals surface area contributed by atoms with E-state index in [0.717, 1.165) is 25.0 Å². The topological polar surface area (TPSA) is 75.6 Å². The lowest BCUT2D eigenvalue weighted by atomic mass is 9.74. The summed E-state index contributed by atoms with van der Waals surface area (Å²) in [5.41, 5.74) is 1.15. The number of ether oxygens (including phenoxy) is 1. The molecular formula is C16H19NO4. The van der Waals surface area contributed by atoms with Crippen molar-refractivity contribution < 1.29 is 19.4 Å². The molecule has 2 N–H and O–H groups in total. The van der Waals surface area contributed by atoms with E-state index in [2.05, 4.69) is 5.32 Å². The molecule has 4 rings (SSSR count). The molecule has 0 atom stereocenters. The zero-order valence-electron chi connectivity index (χ0n) is 11.8. The molecule has 5 heteroatoms. The van der Waals surface area contributed by atoms with Crippen LogP contribution in [0.3, 0.4) is 0 Å². The number of carbonyl (C=O) groups is 2. The van der Waals surface area contributed by atoms with Crippen molar-refractivity contribution in [2.45, 2.75) is 31.3 Å². The first kappa shape index (κ1) is 14.1. The van der Waals surface area contributed by atoms with Gasteiger partial charge in [-0.1, -0.05) is 12.1 Å². The molecule has 1 aromatic rings. The summed E-state index contributed by atoms with van der Waals surface area (Å²) in [6, 6.07) is 6.64. The van der Waals surface area contributed by atoms with Crippen LogP contribution in [-0.2, 0) is 16.0 Å². The van der Waals surface area contributed by atoms with Gasteiger partial charge in [0.2, 0.25) is 5.91 Å². The van der Waals surface area contributed by atoms with E-state index >= 15 is 0 Å². The summed E-state index contributed by atoms with van der Waals surface area (Å²) in [4.78, 5) is 22.6. The normalized spacial score (nSPS) is 26.2. The highest BCUT2D eigenvalue weighted by atomic mass is 16.5. The minimum atomic E-state index is -0.936. The van der Waals surface area contributed by atoms with E-state index in [-0.39, 0.29) is 17.1 Å². The van der Waals surface area contributed by atoms with Gasteiger partial charge in [0.1, 0.15) is 0 Å². The molecule has 112 valence electrons. The summed E-state index contributed by atoms with van der Waals surface area (Å²) in [5.74, 6) is -0.214. The van der Waals surface area contributed by atoms with Crippen LogP contribution in [0, 0.1) is 5.92 Å². The van der Waals surface area contributed by atoms with Gasteiger partial charge in [0.05, 0.1) is 17.8 Å². The van der Waals surface area contributed by atoms with Gasteiger partial charge in [0.15, 0.2) is 0 Å². The third-order valence-corrected chi connectivity index (χ3v) is 4.40. The van der Waals surface area contributed by atoms with E-state index in [1.165, 1.54) is 0 Å². The molecule has 2 heterocycles. The minimum Gasteiger partial charge on any atom is -0.478 e. The van der Waals surface area contributed by atoms with E-state index in [0.29, 0.717) is 25.3 Å². The molecule has 21 heavy (non-hydrogen) atoms. The van der Waals surface area contributed by atoms with Gasteiger partial charge in [-0.3, -0.25) is 4.79 Å². The van der Waals surface area contributed by atoms with Gasteiger partial charge in [0.25, 0.3) is 0 Å². The van der Waals surface area contributed by atoms with Crippen LogP contribution in [-0.4, -0.2) is 35.7 Å². The van der Waals surface area contributed by atoms with Gasteiger partial charge in [0, 0.05) is 13.0 Å². The fourth-order valence-corrected chi connectivity index (χ4v) is 3.14. The summed E-state index contributed by atoms with van der Waals surface area (Å²) >= 11 is 0. The van der Waals surface area contributed by atoms with Crippen molar-refractivity contribution in [3.05, 3.63) is 35.4 Å². The van der Waals surface area contributed by atoms with E-state index in [9.17, 15) is 9.59 Å². The molecule has 0 aromatic heterocycles. The molecule has 5 nitrogen and oxygen atoms in total. The molecule has 2 saturated heterocycles. The summed E-state index contributed by atoms with van der Waals surface area (Å²) < 4.78 is 5.69. The number of hydrogen-bond donors (Lipinski definition) is 2. The Morgan fingerprint density at radius 3 is 2.57 bits per heavy atom. The smallest absolute Gasteiger partial charge is 0.335 e. The minimum absolute atomic E-state index is 0.0191. The van der Waals surface area contributed by atoms with Gasteiger partial charge in [-0.2, -0.15) is 0 Å². The monoisotopic (exact) mass is 289 g/mol. The Kier molecular flexibility index (Phi) is 3.68. The Balaban J connectivity index is 1.42. The maximum absolute atomic E-state index is 11.8. The Bertz CT molecular complexity index is 540. The van der Waals surface area contributed by atoms with E-state index in [1.807, 2.05) is 0 Å². The molecular weight excluding hydrogens is 270 g/mol. The van der Waals surface area contributed by atoms with Crippen molar-refractivity contribution in [3.63, 3.8) is 0 Å². The number of carbonyl (C=O) groups excluding carboxylic acids is 1. The number of amides is 1. The maximum atomic E-state index is 11.8. The SMILES string of the molecule is O=C(CCc1ccc(C(=O)O)cc1)NCC12CC(CO1)C2. The Labute approximate surface area is 123 Å². The van der Waals surface area contributed by atoms with Crippen molar-refractivity contribution in [1.29, 1.82) is 0 Å². The van der Waals surface area contributed by atoms with Crippen molar-refractivity contribution in [1.82, 2.24) is 5.32 Å². The lowest BCUT2D eigenvalue weighted by Crippen LogP contribution is -2.47. The summed E-state index contributed by atoms with van der Waals surface area (Å²) in [5, 5.41) is 11.8. The molecule has 0 unspecified atom stereocenters. The van der Waals surface area contributed by atoms with Crippen LogP contribution in [0.1, 0.15) is 35.2 Å². The summed E-state index contributed by atoms with van der Waals surface area (Å²) in [7, 11) is 0. The molecule has 2 aliphatic heterocycles. The fourth-order valence-electron chi connectivity index (χ4n) is 3.14. The molecule has 1 amide bonds. The van der Waals surface area contributed by atoms with Crippen molar-refractivity contribution in [2.24, 2.45) is 5.92 Å². The second-order valence-corrected chi connectivity index (χ2v) is 6.05. The van der Waals surface area contributed by atoms with Crippen LogP contribution < -0.4 is 5.32 Å². The van der Waals surface area contributed by atoms with Crippen LogP contribution in [0.5, 0.6) is 0 Å². The predicted molar refractivity (Wildman–Crippen MR) is 76.1 cm³/mol. The lowest BCUT2D eigenvalue weighted by molar-refractivity contribution is -0.122. The number of aryl methyl sites for hydroxylation is 1. The highest BCUT2D eigenvalue weighted by Gasteiger charge is 2.51. The summed E-state index contributed by atoms with van der Waals surface area (Å²) in [6.45, 7) is 1.45. The highest BCUT2D eigenvalue weighted by Crippen LogP contribution is 2.47. The van der Waals surface area contributed by atoms with Crippen molar-refractivity contribution in [3.8, 4) is 0 Å². The number of benzene rings is 1. The predicted octanol–water partition coefficient (Wildman–Crippen LogP) is 1.61. The largest absolute Gasteiger partial charge is 0.478 e. The molecule has 0 radical (unpaired) electrons. The zero-order valence-corrected chi connectivity index (χ0v) is 11.8. The standard InChI is InChI=1S/C16H19NO4/c18-14(17-10-16-7-12(8-16)9-21-16)6-3-11-1-4-13(5-2-11)15(19)20/h1-2,4-5,12H,3,6-10H2,(H,17,18)(H,19,20). The maximum Gasteiger partial charge on any atom is 0.335 e. The molecule has 0 spiro atoms. The highest BCUT2D eigenvalue weighted by molar-refractivity contribution is 5.87. The summed E-state index contributed by atoms with van der Waals surface area (Å²) in [6.07, 6.45) is 3.17. The number of fused-ring (bicyclic) bond motifs is 1. The molecule has 1 aliphatic carbocycles. The van der Waals surface area contributed by atoms with E-state index in [1.54, 1.807) is 24.3 Å². The first-order valence-electron chi connectivity index (χ1n) is 7.29. The lowest BCUT2D eigenvalue weighted by Gasteiger charge is -2.35.